The van der Waals surface area contributed by atoms with E-state index < -0.39 is 17.8 Å². The van der Waals surface area contributed by atoms with Crippen LogP contribution in [0, 0.1) is 6.92 Å². The van der Waals surface area contributed by atoms with Gasteiger partial charge in [0.2, 0.25) is 5.95 Å². The molecule has 10 heteroatoms. The van der Waals surface area contributed by atoms with Crippen LogP contribution in [0.2, 0.25) is 0 Å². The van der Waals surface area contributed by atoms with Crippen molar-refractivity contribution in [1.29, 1.82) is 0 Å². The van der Waals surface area contributed by atoms with E-state index in [1.807, 2.05) is 11.8 Å². The van der Waals surface area contributed by atoms with Gasteiger partial charge in [-0.15, -0.1) is 0 Å². The van der Waals surface area contributed by atoms with Crippen LogP contribution in [0.15, 0.2) is 30.6 Å². The second-order valence-corrected chi connectivity index (χ2v) is 6.93. The Hall–Kier alpha value is -3.04. The fourth-order valence-corrected chi connectivity index (χ4v) is 3.33. The molecule has 1 atom stereocenters. The molecule has 156 valence electrons. The summed E-state index contributed by atoms with van der Waals surface area (Å²) in [6, 6.07) is 3.48. The molecule has 29 heavy (non-hydrogen) atoms. The molecule has 2 amide bonds. The molecule has 1 aromatic heterocycles. The number of alkyl halides is 3. The van der Waals surface area contributed by atoms with Gasteiger partial charge >= 0.3 is 12.2 Å². The number of hydrogen-bond donors (Lipinski definition) is 1. The fourth-order valence-electron chi connectivity index (χ4n) is 3.33. The van der Waals surface area contributed by atoms with E-state index in [0.29, 0.717) is 31.1 Å². The summed E-state index contributed by atoms with van der Waals surface area (Å²) in [4.78, 5) is 23.3. The minimum Gasteiger partial charge on any atom is -0.486 e. The number of aromatic nitrogens is 2. The number of anilines is 1. The summed E-state index contributed by atoms with van der Waals surface area (Å²) in [5.74, 6) is 0.731. The zero-order chi connectivity index (χ0) is 21.2. The van der Waals surface area contributed by atoms with Gasteiger partial charge in [0.25, 0.3) is 0 Å². The summed E-state index contributed by atoms with van der Waals surface area (Å²) in [6.45, 7) is 4.78. The molecule has 0 unspecified atom stereocenters. The van der Waals surface area contributed by atoms with Crippen molar-refractivity contribution in [3.05, 3.63) is 47.3 Å². The van der Waals surface area contributed by atoms with E-state index in [0.717, 1.165) is 6.07 Å². The zero-order valence-electron chi connectivity index (χ0n) is 16.1. The maximum absolute atomic E-state index is 13.2. The Bertz CT molecular complexity index is 873. The van der Waals surface area contributed by atoms with Crippen LogP contribution in [0.3, 0.4) is 0 Å². The van der Waals surface area contributed by atoms with Crippen LogP contribution >= 0.6 is 0 Å². The van der Waals surface area contributed by atoms with Gasteiger partial charge in [0.05, 0.1) is 18.0 Å². The van der Waals surface area contributed by atoms with Gasteiger partial charge in [-0.1, -0.05) is 12.1 Å². The van der Waals surface area contributed by atoms with Crippen LogP contribution in [0.5, 0.6) is 5.75 Å². The number of aryl methyl sites for hydroxylation is 1. The molecule has 1 fully saturated rings. The first-order valence-electron chi connectivity index (χ1n) is 9.08. The highest BCUT2D eigenvalue weighted by atomic mass is 19.4. The quantitative estimate of drug-likeness (QED) is 0.839. The van der Waals surface area contributed by atoms with Gasteiger partial charge in [-0.25, -0.2) is 14.8 Å². The average molecular weight is 409 g/mol. The minimum atomic E-state index is -4.45. The SMILES string of the molecule is Cc1cccc(C(F)(F)F)c1COc1cnc(N2CCN(C(N)=O)[C@@H](C)C2)nc1. The fraction of sp³-hybridized carbons (Fsp3) is 0.421. The number of ether oxygens (including phenoxy) is 1. The molecule has 1 aliphatic heterocycles. The lowest BCUT2D eigenvalue weighted by molar-refractivity contribution is -0.138. The molecule has 2 N–H and O–H groups in total. The standard InChI is InChI=1S/C19H22F3N5O2/c1-12-4-3-5-16(19(20,21)22)15(12)11-29-14-8-24-18(25-9-14)26-6-7-27(17(23)28)13(2)10-26/h3-5,8-9,13H,6-7,10-11H2,1-2H3,(H2,23,28)/t13-/m0/s1. The highest BCUT2D eigenvalue weighted by Crippen LogP contribution is 2.33. The van der Waals surface area contributed by atoms with Crippen LogP contribution in [0.1, 0.15) is 23.6 Å². The lowest BCUT2D eigenvalue weighted by Crippen LogP contribution is -2.55. The van der Waals surface area contributed by atoms with Crippen molar-refractivity contribution in [2.45, 2.75) is 32.7 Å². The number of piperazine rings is 1. The van der Waals surface area contributed by atoms with E-state index in [1.54, 1.807) is 17.9 Å². The molecule has 0 aliphatic carbocycles. The summed E-state index contributed by atoms with van der Waals surface area (Å²) in [6.07, 6.45) is -1.59. The largest absolute Gasteiger partial charge is 0.486 e. The number of hydrogen-bond acceptors (Lipinski definition) is 5. The predicted molar refractivity (Wildman–Crippen MR) is 101 cm³/mol. The van der Waals surface area contributed by atoms with Crippen molar-refractivity contribution in [3.8, 4) is 5.75 Å². The Morgan fingerprint density at radius 1 is 1.28 bits per heavy atom. The van der Waals surface area contributed by atoms with Crippen LogP contribution < -0.4 is 15.4 Å². The molecule has 2 heterocycles. The van der Waals surface area contributed by atoms with Crippen LogP contribution in [-0.2, 0) is 12.8 Å². The molecule has 1 aromatic carbocycles. The monoisotopic (exact) mass is 409 g/mol. The first-order valence-corrected chi connectivity index (χ1v) is 9.08. The summed E-state index contributed by atoms with van der Waals surface area (Å²) >= 11 is 0. The number of nitrogens with zero attached hydrogens (tertiary/aromatic N) is 4. The molecular weight excluding hydrogens is 387 g/mol. The van der Waals surface area contributed by atoms with Gasteiger partial charge in [0, 0.05) is 31.2 Å². The third kappa shape index (κ3) is 4.69. The number of halogens is 3. The van der Waals surface area contributed by atoms with Gasteiger partial charge < -0.3 is 20.3 Å². The summed E-state index contributed by atoms with van der Waals surface area (Å²) in [5.41, 5.74) is 5.21. The van der Waals surface area contributed by atoms with E-state index >= 15 is 0 Å². The summed E-state index contributed by atoms with van der Waals surface area (Å²) < 4.78 is 45.1. The summed E-state index contributed by atoms with van der Waals surface area (Å²) in [7, 11) is 0. The smallest absolute Gasteiger partial charge is 0.416 e. The first-order chi connectivity index (χ1) is 13.7. The number of nitrogens with two attached hydrogens (primary N) is 1. The lowest BCUT2D eigenvalue weighted by atomic mass is 10.0. The number of benzene rings is 1. The Balaban J connectivity index is 1.66. The van der Waals surface area contributed by atoms with Gasteiger partial charge in [0.1, 0.15) is 6.61 Å². The van der Waals surface area contributed by atoms with Crippen molar-refractivity contribution >= 4 is 12.0 Å². The summed E-state index contributed by atoms with van der Waals surface area (Å²) in [5, 5.41) is 0. The molecule has 2 aromatic rings. The second-order valence-electron chi connectivity index (χ2n) is 6.93. The highest BCUT2D eigenvalue weighted by Gasteiger charge is 2.34. The Labute approximate surface area is 166 Å². The molecule has 0 bridgehead atoms. The van der Waals surface area contributed by atoms with Crippen LogP contribution in [0.25, 0.3) is 0 Å². The van der Waals surface area contributed by atoms with E-state index in [1.165, 1.54) is 18.5 Å². The molecule has 3 rings (SSSR count). The molecule has 1 saturated heterocycles. The number of primary amides is 1. The Morgan fingerprint density at radius 3 is 2.55 bits per heavy atom. The molecule has 0 radical (unpaired) electrons. The van der Waals surface area contributed by atoms with Gasteiger partial charge in [-0.05, 0) is 25.5 Å². The number of carbonyl (C=O) groups excluding carboxylic acids is 1. The molecular formula is C19H22F3N5O2. The maximum Gasteiger partial charge on any atom is 0.416 e. The van der Waals surface area contributed by atoms with Gasteiger partial charge in [0.15, 0.2) is 5.75 Å². The minimum absolute atomic E-state index is 0.0809. The Kier molecular flexibility index (Phi) is 5.81. The number of rotatable bonds is 4. The van der Waals surface area contributed by atoms with Crippen LogP contribution in [0.4, 0.5) is 23.9 Å². The molecule has 0 saturated carbocycles. The maximum atomic E-state index is 13.2. The van der Waals surface area contributed by atoms with Crippen molar-refractivity contribution in [3.63, 3.8) is 0 Å². The van der Waals surface area contributed by atoms with Crippen molar-refractivity contribution in [2.75, 3.05) is 24.5 Å². The number of amides is 2. The normalized spacial score (nSPS) is 17.3. The highest BCUT2D eigenvalue weighted by molar-refractivity contribution is 5.72. The second kappa shape index (κ2) is 8.14. The van der Waals surface area contributed by atoms with Gasteiger partial charge in [-0.2, -0.15) is 13.2 Å². The van der Waals surface area contributed by atoms with E-state index in [2.05, 4.69) is 9.97 Å². The first kappa shape index (κ1) is 20.7. The topological polar surface area (TPSA) is 84.6 Å². The third-order valence-electron chi connectivity index (χ3n) is 4.91. The van der Waals surface area contributed by atoms with Crippen molar-refractivity contribution < 1.29 is 22.7 Å². The van der Waals surface area contributed by atoms with Crippen molar-refractivity contribution in [2.24, 2.45) is 5.73 Å². The molecule has 7 nitrogen and oxygen atoms in total. The average Bonchev–Trinajstić information content (AvgIpc) is 2.66. The van der Waals surface area contributed by atoms with E-state index in [-0.39, 0.29) is 24.0 Å². The molecule has 0 spiro atoms. The Morgan fingerprint density at radius 2 is 1.97 bits per heavy atom. The number of carbonyl (C=O) groups is 1. The third-order valence-corrected chi connectivity index (χ3v) is 4.91. The van der Waals surface area contributed by atoms with Gasteiger partial charge in [-0.3, -0.25) is 0 Å². The predicted octanol–water partition coefficient (Wildman–Crippen LogP) is 2.97. The molecule has 1 aliphatic rings. The lowest BCUT2D eigenvalue weighted by Gasteiger charge is -2.38. The van der Waals surface area contributed by atoms with E-state index in [4.69, 9.17) is 10.5 Å². The number of urea groups is 1. The zero-order valence-corrected chi connectivity index (χ0v) is 16.1. The van der Waals surface area contributed by atoms with Crippen molar-refractivity contribution in [1.82, 2.24) is 14.9 Å². The van der Waals surface area contributed by atoms with E-state index in [9.17, 15) is 18.0 Å². The van der Waals surface area contributed by atoms with Crippen LogP contribution in [-0.4, -0.2) is 46.6 Å².